The van der Waals surface area contributed by atoms with Crippen molar-refractivity contribution in [2.24, 2.45) is 0 Å². The number of fused-ring (bicyclic) bond motifs is 1. The van der Waals surface area contributed by atoms with Crippen molar-refractivity contribution in [1.29, 1.82) is 0 Å². The van der Waals surface area contributed by atoms with Crippen molar-refractivity contribution in [3.63, 3.8) is 0 Å². The molecule has 3 aromatic rings. The Morgan fingerprint density at radius 2 is 1.86 bits per heavy atom. The lowest BCUT2D eigenvalue weighted by Crippen LogP contribution is -2.37. The fourth-order valence-electron chi connectivity index (χ4n) is 3.58. The number of nitrogens with one attached hydrogen (secondary N) is 3. The molecule has 8 heteroatoms. The maximum Gasteiger partial charge on any atom is 0.254 e. The third-order valence-electron chi connectivity index (χ3n) is 5.07. The molecule has 0 aliphatic carbocycles. The van der Waals surface area contributed by atoms with Crippen molar-refractivity contribution in [2.75, 3.05) is 10.6 Å². The Balaban J connectivity index is 1.68. The van der Waals surface area contributed by atoms with Gasteiger partial charge >= 0.3 is 0 Å². The summed E-state index contributed by atoms with van der Waals surface area (Å²) < 4.78 is 20.1. The zero-order chi connectivity index (χ0) is 20.7. The number of benzene rings is 1. The van der Waals surface area contributed by atoms with Crippen molar-refractivity contribution in [3.05, 3.63) is 73.2 Å². The van der Waals surface area contributed by atoms with E-state index in [4.69, 9.17) is 4.42 Å². The van der Waals surface area contributed by atoms with E-state index in [1.807, 2.05) is 26.0 Å². The standard InChI is InChI=1S/C21H20FN3O4/c1-3-4-13(14-8-5-10(2)29-14)24-17-18(20(27)19(17)26)25-16-12(22)7-6-11-9-23-21(28)15(11)16/h5-8,13,24-25H,3-4,9H2,1-2H3,(H,23,28)/t13-/m1/s1. The van der Waals surface area contributed by atoms with Gasteiger partial charge in [0.15, 0.2) is 0 Å². The van der Waals surface area contributed by atoms with Gasteiger partial charge in [-0.3, -0.25) is 14.4 Å². The van der Waals surface area contributed by atoms with Crippen molar-refractivity contribution in [1.82, 2.24) is 5.32 Å². The van der Waals surface area contributed by atoms with E-state index in [1.54, 1.807) is 0 Å². The molecule has 0 saturated heterocycles. The van der Waals surface area contributed by atoms with Gasteiger partial charge in [0.1, 0.15) is 28.7 Å². The first-order valence-corrected chi connectivity index (χ1v) is 9.43. The first-order chi connectivity index (χ1) is 13.9. The molecule has 0 fully saturated rings. The fourth-order valence-corrected chi connectivity index (χ4v) is 3.58. The van der Waals surface area contributed by atoms with Gasteiger partial charge in [0.05, 0.1) is 17.3 Å². The van der Waals surface area contributed by atoms with Crippen molar-refractivity contribution >= 4 is 23.0 Å². The van der Waals surface area contributed by atoms with Crippen LogP contribution in [0.2, 0.25) is 0 Å². The number of amides is 1. The van der Waals surface area contributed by atoms with Gasteiger partial charge in [0.2, 0.25) is 0 Å². The Morgan fingerprint density at radius 3 is 2.55 bits per heavy atom. The summed E-state index contributed by atoms with van der Waals surface area (Å²) >= 11 is 0. The molecule has 150 valence electrons. The molecule has 1 aliphatic rings. The number of rotatable bonds is 7. The van der Waals surface area contributed by atoms with Crippen LogP contribution in [0.15, 0.2) is 38.3 Å². The van der Waals surface area contributed by atoms with E-state index in [9.17, 15) is 18.8 Å². The van der Waals surface area contributed by atoms with Crippen LogP contribution in [-0.4, -0.2) is 5.91 Å². The summed E-state index contributed by atoms with van der Waals surface area (Å²) in [6.45, 7) is 4.10. The minimum atomic E-state index is -0.756. The molecule has 1 aromatic heterocycles. The molecule has 0 saturated carbocycles. The van der Waals surface area contributed by atoms with Gasteiger partial charge in [-0.1, -0.05) is 19.4 Å². The van der Waals surface area contributed by atoms with Crippen molar-refractivity contribution in [3.8, 4) is 0 Å². The minimum Gasteiger partial charge on any atom is -0.464 e. The van der Waals surface area contributed by atoms with Crippen LogP contribution in [0.4, 0.5) is 21.5 Å². The molecular formula is C21H20FN3O4. The molecule has 2 heterocycles. The van der Waals surface area contributed by atoms with Crippen LogP contribution in [-0.2, 0) is 6.54 Å². The Bertz CT molecular complexity index is 1170. The maximum absolute atomic E-state index is 14.4. The molecule has 0 radical (unpaired) electrons. The summed E-state index contributed by atoms with van der Waals surface area (Å²) in [5.74, 6) is 0.283. The first-order valence-electron chi connectivity index (χ1n) is 9.43. The monoisotopic (exact) mass is 397 g/mol. The van der Waals surface area contributed by atoms with Gasteiger partial charge in [0, 0.05) is 6.54 Å². The molecule has 7 nitrogen and oxygen atoms in total. The second kappa shape index (κ2) is 7.20. The predicted molar refractivity (Wildman–Crippen MR) is 107 cm³/mol. The average Bonchev–Trinajstić information content (AvgIpc) is 3.30. The lowest BCUT2D eigenvalue weighted by Gasteiger charge is -2.21. The van der Waals surface area contributed by atoms with Gasteiger partial charge in [-0.25, -0.2) is 4.39 Å². The number of furan rings is 1. The van der Waals surface area contributed by atoms with E-state index in [0.29, 0.717) is 17.7 Å². The summed E-state index contributed by atoms with van der Waals surface area (Å²) in [5.41, 5.74) is -0.751. The first kappa shape index (κ1) is 18.9. The molecule has 4 rings (SSSR count). The lowest BCUT2D eigenvalue weighted by molar-refractivity contribution is 0.0966. The highest BCUT2D eigenvalue weighted by molar-refractivity contribution is 6.04. The third-order valence-corrected chi connectivity index (χ3v) is 5.07. The summed E-state index contributed by atoms with van der Waals surface area (Å²) in [7, 11) is 0. The second-order valence-electron chi connectivity index (χ2n) is 7.11. The largest absolute Gasteiger partial charge is 0.464 e. The molecule has 1 atom stereocenters. The van der Waals surface area contributed by atoms with E-state index in [2.05, 4.69) is 16.0 Å². The molecule has 1 aliphatic heterocycles. The van der Waals surface area contributed by atoms with E-state index >= 15 is 0 Å². The summed E-state index contributed by atoms with van der Waals surface area (Å²) in [5, 5.41) is 8.38. The third kappa shape index (κ3) is 3.20. The number of aryl methyl sites for hydroxylation is 1. The second-order valence-corrected chi connectivity index (χ2v) is 7.11. The zero-order valence-corrected chi connectivity index (χ0v) is 16.0. The average molecular weight is 397 g/mol. The molecule has 0 bridgehead atoms. The SMILES string of the molecule is CCC[C@@H](Nc1c(Nc2c(F)ccc3c2C(=O)NC3)c(=O)c1=O)c1ccc(C)o1. The number of hydrogen-bond acceptors (Lipinski definition) is 6. The normalized spacial score (nSPS) is 14.0. The number of carbonyl (C=O) groups excluding carboxylic acids is 1. The smallest absolute Gasteiger partial charge is 0.254 e. The maximum atomic E-state index is 14.4. The van der Waals surface area contributed by atoms with E-state index in [-0.39, 0.29) is 35.2 Å². The quantitative estimate of drug-likeness (QED) is 0.529. The van der Waals surface area contributed by atoms with E-state index in [0.717, 1.165) is 12.2 Å². The number of carbonyl (C=O) groups is 1. The predicted octanol–water partition coefficient (Wildman–Crippen LogP) is 3.26. The van der Waals surface area contributed by atoms with Gasteiger partial charge in [-0.2, -0.15) is 0 Å². The molecule has 1 amide bonds. The highest BCUT2D eigenvalue weighted by Crippen LogP contribution is 2.33. The highest BCUT2D eigenvalue weighted by Gasteiger charge is 2.30. The van der Waals surface area contributed by atoms with Crippen LogP contribution in [0, 0.1) is 12.7 Å². The summed E-state index contributed by atoms with van der Waals surface area (Å²) in [6.07, 6.45) is 1.49. The van der Waals surface area contributed by atoms with Crippen LogP contribution in [0.25, 0.3) is 0 Å². The molecule has 0 spiro atoms. The van der Waals surface area contributed by atoms with Gasteiger partial charge in [-0.05, 0) is 37.1 Å². The summed E-state index contributed by atoms with van der Waals surface area (Å²) in [6, 6.07) is 6.07. The minimum absolute atomic E-state index is 0.0496. The van der Waals surface area contributed by atoms with Crippen molar-refractivity contribution in [2.45, 2.75) is 39.3 Å². The van der Waals surface area contributed by atoms with Crippen LogP contribution in [0.3, 0.4) is 0 Å². The van der Waals surface area contributed by atoms with Crippen LogP contribution < -0.4 is 26.8 Å². The van der Waals surface area contributed by atoms with Gasteiger partial charge in [-0.15, -0.1) is 0 Å². The highest BCUT2D eigenvalue weighted by atomic mass is 19.1. The number of anilines is 3. The van der Waals surface area contributed by atoms with Crippen molar-refractivity contribution < 1.29 is 13.6 Å². The van der Waals surface area contributed by atoms with E-state index < -0.39 is 22.6 Å². The Hall–Kier alpha value is -3.42. The van der Waals surface area contributed by atoms with Crippen LogP contribution >= 0.6 is 0 Å². The molecular weight excluding hydrogens is 377 g/mol. The Morgan fingerprint density at radius 1 is 1.10 bits per heavy atom. The van der Waals surface area contributed by atoms with Gasteiger partial charge in [0.25, 0.3) is 16.8 Å². The number of halogens is 1. The fraction of sp³-hybridized carbons (Fsp3) is 0.286. The molecule has 3 N–H and O–H groups in total. The van der Waals surface area contributed by atoms with Gasteiger partial charge < -0.3 is 20.4 Å². The van der Waals surface area contributed by atoms with Crippen LogP contribution in [0.5, 0.6) is 0 Å². The lowest BCUT2D eigenvalue weighted by atomic mass is 10.0. The topological polar surface area (TPSA) is 100 Å². The summed E-state index contributed by atoms with van der Waals surface area (Å²) in [4.78, 5) is 36.5. The number of hydrogen-bond donors (Lipinski definition) is 3. The Kier molecular flexibility index (Phi) is 4.70. The molecule has 0 unspecified atom stereocenters. The van der Waals surface area contributed by atoms with E-state index in [1.165, 1.54) is 12.1 Å². The molecule has 2 aromatic carbocycles. The molecule has 29 heavy (non-hydrogen) atoms. The zero-order valence-electron chi connectivity index (χ0n) is 16.0. The Labute approximate surface area is 165 Å². The van der Waals surface area contributed by atoms with Crippen LogP contribution in [0.1, 0.15) is 53.2 Å².